The van der Waals surface area contributed by atoms with Crippen LogP contribution >= 0.6 is 0 Å². The molecule has 0 fully saturated rings. The standard InChI is InChI=1S/C26H26N2O5S/c1-17-11-12-23(18(2)13-17)27-25(29)16-33-26(30)21-8-6-9-22(15-21)34(31,32)28-19(3)14-20-7-4-5-10-24(20)28/h4-13,15,19H,14,16H2,1-3H3,(H,27,29). The largest absolute Gasteiger partial charge is 0.452 e. The molecule has 1 aliphatic heterocycles. The van der Waals surface area contributed by atoms with Crippen LogP contribution in [-0.4, -0.2) is 32.9 Å². The van der Waals surface area contributed by atoms with Crippen molar-refractivity contribution in [2.75, 3.05) is 16.2 Å². The van der Waals surface area contributed by atoms with Crippen molar-refractivity contribution in [3.8, 4) is 0 Å². The number of hydrogen-bond acceptors (Lipinski definition) is 5. The van der Waals surface area contributed by atoms with Crippen LogP contribution in [0.3, 0.4) is 0 Å². The summed E-state index contributed by atoms with van der Waals surface area (Å²) >= 11 is 0. The summed E-state index contributed by atoms with van der Waals surface area (Å²) in [5.41, 5.74) is 4.27. The average molecular weight is 479 g/mol. The molecule has 0 saturated heterocycles. The van der Waals surface area contributed by atoms with E-state index in [4.69, 9.17) is 4.74 Å². The monoisotopic (exact) mass is 478 g/mol. The predicted octanol–water partition coefficient (Wildman–Crippen LogP) is 4.24. The molecule has 1 unspecified atom stereocenters. The molecule has 1 amide bonds. The zero-order valence-corrected chi connectivity index (χ0v) is 20.1. The molecule has 0 saturated carbocycles. The summed E-state index contributed by atoms with van der Waals surface area (Å²) in [4.78, 5) is 24.8. The van der Waals surface area contributed by atoms with E-state index < -0.39 is 28.5 Å². The number of rotatable bonds is 6. The minimum atomic E-state index is -3.89. The van der Waals surface area contributed by atoms with Gasteiger partial charge in [0.1, 0.15) is 0 Å². The fourth-order valence-electron chi connectivity index (χ4n) is 4.16. The van der Waals surface area contributed by atoms with Crippen LogP contribution < -0.4 is 9.62 Å². The Morgan fingerprint density at radius 1 is 1.03 bits per heavy atom. The Kier molecular flexibility index (Phi) is 6.43. The van der Waals surface area contributed by atoms with Crippen LogP contribution in [0, 0.1) is 13.8 Å². The first-order chi connectivity index (χ1) is 16.2. The van der Waals surface area contributed by atoms with Gasteiger partial charge in [0.15, 0.2) is 6.61 Å². The Bertz CT molecular complexity index is 1370. The van der Waals surface area contributed by atoms with Gasteiger partial charge < -0.3 is 10.1 Å². The fraction of sp³-hybridized carbons (Fsp3) is 0.231. The van der Waals surface area contributed by atoms with E-state index in [0.717, 1.165) is 16.7 Å². The van der Waals surface area contributed by atoms with Gasteiger partial charge in [0.05, 0.1) is 16.1 Å². The second-order valence-corrected chi connectivity index (χ2v) is 10.3. The highest BCUT2D eigenvalue weighted by Crippen LogP contribution is 2.36. The summed E-state index contributed by atoms with van der Waals surface area (Å²) in [5, 5.41) is 2.71. The predicted molar refractivity (Wildman–Crippen MR) is 131 cm³/mol. The number of para-hydroxylation sites is 1. The third-order valence-electron chi connectivity index (χ3n) is 5.76. The highest BCUT2D eigenvalue weighted by molar-refractivity contribution is 7.92. The number of amides is 1. The molecule has 34 heavy (non-hydrogen) atoms. The number of fused-ring (bicyclic) bond motifs is 1. The third kappa shape index (κ3) is 4.68. The summed E-state index contributed by atoms with van der Waals surface area (Å²) in [6.07, 6.45) is 0.618. The zero-order chi connectivity index (χ0) is 24.5. The molecule has 3 aromatic carbocycles. The number of anilines is 2. The molecule has 1 atom stereocenters. The van der Waals surface area contributed by atoms with E-state index >= 15 is 0 Å². The van der Waals surface area contributed by atoms with Crippen LogP contribution in [0.15, 0.2) is 71.6 Å². The number of carbonyl (C=O) groups excluding carboxylic acids is 2. The van der Waals surface area contributed by atoms with Gasteiger partial charge in [0.2, 0.25) is 0 Å². The van der Waals surface area contributed by atoms with Gasteiger partial charge in [-0.05, 0) is 68.7 Å². The van der Waals surface area contributed by atoms with Crippen LogP contribution in [0.4, 0.5) is 11.4 Å². The van der Waals surface area contributed by atoms with E-state index in [9.17, 15) is 18.0 Å². The minimum Gasteiger partial charge on any atom is -0.452 e. The second-order valence-electron chi connectivity index (χ2n) is 8.45. The SMILES string of the molecule is Cc1ccc(NC(=O)COC(=O)c2cccc(S(=O)(=O)N3c4ccccc4CC3C)c2)c(C)c1. The summed E-state index contributed by atoms with van der Waals surface area (Å²) in [5.74, 6) is -1.26. The van der Waals surface area contributed by atoms with Crippen molar-refractivity contribution in [3.05, 3.63) is 89.0 Å². The summed E-state index contributed by atoms with van der Waals surface area (Å²) in [7, 11) is -3.89. The van der Waals surface area contributed by atoms with Gasteiger partial charge in [-0.1, -0.05) is 42.0 Å². The van der Waals surface area contributed by atoms with E-state index in [0.29, 0.717) is 17.8 Å². The Balaban J connectivity index is 1.47. The van der Waals surface area contributed by atoms with Crippen molar-refractivity contribution in [2.24, 2.45) is 0 Å². The highest BCUT2D eigenvalue weighted by atomic mass is 32.2. The first-order valence-electron chi connectivity index (χ1n) is 10.9. The lowest BCUT2D eigenvalue weighted by atomic mass is 10.1. The van der Waals surface area contributed by atoms with Crippen molar-refractivity contribution < 1.29 is 22.7 Å². The molecular formula is C26H26N2O5S. The molecule has 3 aromatic rings. The number of carbonyl (C=O) groups is 2. The molecule has 1 heterocycles. The van der Waals surface area contributed by atoms with Gasteiger partial charge in [-0.15, -0.1) is 0 Å². The highest BCUT2D eigenvalue weighted by Gasteiger charge is 2.36. The lowest BCUT2D eigenvalue weighted by Crippen LogP contribution is -2.35. The van der Waals surface area contributed by atoms with Gasteiger partial charge in [-0.2, -0.15) is 0 Å². The summed E-state index contributed by atoms with van der Waals surface area (Å²) in [6.45, 7) is 5.20. The first-order valence-corrected chi connectivity index (χ1v) is 12.4. The van der Waals surface area contributed by atoms with Crippen LogP contribution in [0.25, 0.3) is 0 Å². The molecule has 0 aromatic heterocycles. The quantitative estimate of drug-likeness (QED) is 0.535. The number of nitrogens with one attached hydrogen (secondary N) is 1. The Morgan fingerprint density at radius 3 is 2.56 bits per heavy atom. The number of sulfonamides is 1. The number of benzene rings is 3. The molecule has 1 aliphatic rings. The Morgan fingerprint density at radius 2 is 1.79 bits per heavy atom. The van der Waals surface area contributed by atoms with E-state index in [2.05, 4.69) is 5.32 Å². The molecular weight excluding hydrogens is 452 g/mol. The molecule has 7 nitrogen and oxygen atoms in total. The van der Waals surface area contributed by atoms with Gasteiger partial charge in [0.25, 0.3) is 15.9 Å². The number of ether oxygens (including phenoxy) is 1. The minimum absolute atomic E-state index is 0.00904. The van der Waals surface area contributed by atoms with E-state index in [-0.39, 0.29) is 16.5 Å². The number of nitrogens with zero attached hydrogens (tertiary/aromatic N) is 1. The van der Waals surface area contributed by atoms with Crippen LogP contribution in [0.5, 0.6) is 0 Å². The lowest BCUT2D eigenvalue weighted by molar-refractivity contribution is -0.119. The van der Waals surface area contributed by atoms with Crippen LogP contribution in [0.1, 0.15) is 34.0 Å². The fourth-order valence-corrected chi connectivity index (χ4v) is 5.89. The van der Waals surface area contributed by atoms with Crippen molar-refractivity contribution in [2.45, 2.75) is 38.1 Å². The van der Waals surface area contributed by atoms with Crippen LogP contribution in [0.2, 0.25) is 0 Å². The molecule has 0 aliphatic carbocycles. The number of esters is 1. The maximum atomic E-state index is 13.4. The normalized spacial score (nSPS) is 15.0. The molecule has 8 heteroatoms. The topological polar surface area (TPSA) is 92.8 Å². The zero-order valence-electron chi connectivity index (χ0n) is 19.2. The van der Waals surface area contributed by atoms with Crippen molar-refractivity contribution in [1.82, 2.24) is 0 Å². The third-order valence-corrected chi connectivity index (χ3v) is 7.69. The maximum Gasteiger partial charge on any atom is 0.338 e. The van der Waals surface area contributed by atoms with Gasteiger partial charge >= 0.3 is 5.97 Å². The molecule has 0 bridgehead atoms. The Labute approximate surface area is 199 Å². The lowest BCUT2D eigenvalue weighted by Gasteiger charge is -2.24. The Hall–Kier alpha value is -3.65. The molecule has 0 spiro atoms. The first kappa shape index (κ1) is 23.5. The summed E-state index contributed by atoms with van der Waals surface area (Å²) < 4.78 is 33.4. The molecule has 1 N–H and O–H groups in total. The van der Waals surface area contributed by atoms with Crippen molar-refractivity contribution >= 4 is 33.3 Å². The second kappa shape index (κ2) is 9.30. The van der Waals surface area contributed by atoms with Gasteiger partial charge in [-0.25, -0.2) is 13.2 Å². The summed E-state index contributed by atoms with van der Waals surface area (Å²) in [6, 6.07) is 18.4. The number of aryl methyl sites for hydroxylation is 2. The number of hydrogen-bond donors (Lipinski definition) is 1. The van der Waals surface area contributed by atoms with Crippen LogP contribution in [-0.2, 0) is 26.0 Å². The smallest absolute Gasteiger partial charge is 0.338 e. The van der Waals surface area contributed by atoms with Gasteiger partial charge in [0, 0.05) is 11.7 Å². The van der Waals surface area contributed by atoms with Crippen molar-refractivity contribution in [1.29, 1.82) is 0 Å². The maximum absolute atomic E-state index is 13.4. The molecule has 4 rings (SSSR count). The van der Waals surface area contributed by atoms with Gasteiger partial charge in [-0.3, -0.25) is 9.10 Å². The molecule has 0 radical (unpaired) electrons. The average Bonchev–Trinajstić information content (AvgIpc) is 3.16. The van der Waals surface area contributed by atoms with E-state index in [1.807, 2.05) is 45.0 Å². The van der Waals surface area contributed by atoms with Crippen molar-refractivity contribution in [3.63, 3.8) is 0 Å². The van der Waals surface area contributed by atoms with E-state index in [1.54, 1.807) is 18.2 Å². The van der Waals surface area contributed by atoms with E-state index in [1.165, 1.54) is 28.6 Å². The molecule has 176 valence electrons.